The minimum absolute atomic E-state index is 0.0639. The highest BCUT2D eigenvalue weighted by Crippen LogP contribution is 2.18. The van der Waals surface area contributed by atoms with Gasteiger partial charge in [0.15, 0.2) is 6.10 Å². The third-order valence-electron chi connectivity index (χ3n) is 15.0. The zero-order valence-corrected chi connectivity index (χ0v) is 49.0. The molecule has 0 aliphatic rings. The van der Waals surface area contributed by atoms with Crippen LogP contribution in [0.1, 0.15) is 374 Å². The number of unbranched alkanes of at least 4 members (excludes halogenated alkanes) is 48. The van der Waals surface area contributed by atoms with E-state index in [1.54, 1.807) is 0 Å². The quantitative estimate of drug-likeness (QED) is 0.0261. The Morgan fingerprint density at radius 1 is 0.264 bits per heavy atom. The van der Waals surface area contributed by atoms with Gasteiger partial charge in [0.05, 0.1) is 0 Å². The first kappa shape index (κ1) is 70.1. The van der Waals surface area contributed by atoms with E-state index in [4.69, 9.17) is 14.2 Å². The minimum atomic E-state index is -0.761. The van der Waals surface area contributed by atoms with Crippen molar-refractivity contribution in [1.29, 1.82) is 0 Å². The number of carbonyl (C=O) groups is 3. The largest absolute Gasteiger partial charge is 0.462 e. The Morgan fingerprint density at radius 2 is 0.458 bits per heavy atom. The van der Waals surface area contributed by atoms with Crippen LogP contribution < -0.4 is 0 Å². The van der Waals surface area contributed by atoms with Gasteiger partial charge in [-0.15, -0.1) is 0 Å². The van der Waals surface area contributed by atoms with E-state index < -0.39 is 6.10 Å². The lowest BCUT2D eigenvalue weighted by Crippen LogP contribution is -2.30. The summed E-state index contributed by atoms with van der Waals surface area (Å²) in [5.74, 6) is -0.852. The van der Waals surface area contributed by atoms with Gasteiger partial charge in [0.1, 0.15) is 13.2 Å². The van der Waals surface area contributed by atoms with Crippen molar-refractivity contribution in [2.75, 3.05) is 13.2 Å². The van der Waals surface area contributed by atoms with E-state index >= 15 is 0 Å². The molecule has 0 bridgehead atoms. The summed E-state index contributed by atoms with van der Waals surface area (Å²) in [6.07, 6.45) is 73.0. The minimum Gasteiger partial charge on any atom is -0.462 e. The standard InChI is InChI=1S/C66H126O6/c1-4-7-10-13-15-17-19-21-23-25-26-27-28-29-30-31-32-33-34-35-36-37-38-39-40-41-43-44-46-48-50-53-56-59-65(68)71-62-63(61-70-64(67)58-55-52-12-9-6-3)72-66(69)60-57-54-51-49-47-45-42-24-22-20-18-16-14-11-8-5-2/h25-26,63H,4-24,27-62H2,1-3H3/b26-25-. The molecule has 0 N–H and O–H groups in total. The summed E-state index contributed by atoms with van der Waals surface area (Å²) in [7, 11) is 0. The molecule has 0 aromatic heterocycles. The van der Waals surface area contributed by atoms with Crippen molar-refractivity contribution in [1.82, 2.24) is 0 Å². The summed E-state index contributed by atoms with van der Waals surface area (Å²) < 4.78 is 16.8. The number of carbonyl (C=O) groups excluding carboxylic acids is 3. The van der Waals surface area contributed by atoms with Gasteiger partial charge in [-0.25, -0.2) is 0 Å². The number of esters is 3. The van der Waals surface area contributed by atoms with E-state index in [0.29, 0.717) is 19.3 Å². The third kappa shape index (κ3) is 59.0. The molecule has 0 saturated heterocycles. The van der Waals surface area contributed by atoms with Crippen molar-refractivity contribution in [3.63, 3.8) is 0 Å². The molecule has 1 atom stereocenters. The molecular formula is C66H126O6. The van der Waals surface area contributed by atoms with Gasteiger partial charge >= 0.3 is 17.9 Å². The van der Waals surface area contributed by atoms with Crippen molar-refractivity contribution in [2.24, 2.45) is 0 Å². The topological polar surface area (TPSA) is 78.9 Å². The Bertz CT molecular complexity index is 1120. The van der Waals surface area contributed by atoms with Crippen molar-refractivity contribution in [3.05, 3.63) is 12.2 Å². The van der Waals surface area contributed by atoms with Crippen LogP contribution in [0.25, 0.3) is 0 Å². The molecule has 0 saturated carbocycles. The summed E-state index contributed by atoms with van der Waals surface area (Å²) in [6.45, 7) is 6.62. The first-order valence-corrected chi connectivity index (χ1v) is 32.7. The van der Waals surface area contributed by atoms with E-state index in [2.05, 4.69) is 32.9 Å². The highest BCUT2D eigenvalue weighted by atomic mass is 16.6. The van der Waals surface area contributed by atoms with E-state index in [9.17, 15) is 14.4 Å². The maximum Gasteiger partial charge on any atom is 0.306 e. The highest BCUT2D eigenvalue weighted by Gasteiger charge is 2.19. The van der Waals surface area contributed by atoms with Crippen LogP contribution in [-0.4, -0.2) is 37.2 Å². The molecule has 0 aliphatic carbocycles. The van der Waals surface area contributed by atoms with E-state index in [1.807, 2.05) is 0 Å². The average molecular weight is 1020 g/mol. The van der Waals surface area contributed by atoms with Gasteiger partial charge in [0.25, 0.3) is 0 Å². The second-order valence-electron chi connectivity index (χ2n) is 22.4. The first-order chi connectivity index (χ1) is 35.5. The molecule has 0 rings (SSSR count). The fourth-order valence-electron chi connectivity index (χ4n) is 10.1. The zero-order chi connectivity index (χ0) is 52.2. The van der Waals surface area contributed by atoms with Crippen LogP contribution in [0.5, 0.6) is 0 Å². The lowest BCUT2D eigenvalue weighted by Gasteiger charge is -2.18. The maximum absolute atomic E-state index is 12.8. The molecule has 0 amide bonds. The van der Waals surface area contributed by atoms with Gasteiger partial charge in [-0.2, -0.15) is 0 Å². The van der Waals surface area contributed by atoms with Gasteiger partial charge in [0.2, 0.25) is 0 Å². The normalized spacial score (nSPS) is 12.0. The fourth-order valence-corrected chi connectivity index (χ4v) is 10.1. The van der Waals surface area contributed by atoms with Crippen LogP contribution in [-0.2, 0) is 28.6 Å². The number of ether oxygens (including phenoxy) is 3. The van der Waals surface area contributed by atoms with Gasteiger partial charge in [-0.1, -0.05) is 322 Å². The van der Waals surface area contributed by atoms with E-state index in [0.717, 1.165) is 64.2 Å². The summed E-state index contributed by atoms with van der Waals surface area (Å²) in [4.78, 5) is 37.8. The smallest absolute Gasteiger partial charge is 0.306 e. The summed E-state index contributed by atoms with van der Waals surface area (Å²) in [5.41, 5.74) is 0. The molecular weight excluding hydrogens is 889 g/mol. The Balaban J connectivity index is 3.85. The third-order valence-corrected chi connectivity index (χ3v) is 15.0. The van der Waals surface area contributed by atoms with Crippen molar-refractivity contribution >= 4 is 17.9 Å². The average Bonchev–Trinajstić information content (AvgIpc) is 3.38. The SMILES string of the molecule is CCCCCCCCCC/C=C\CCCCCCCCCCCCCCCCCCCCCCCC(=O)OCC(COC(=O)CCCCCCC)OC(=O)CCCCCCCCCCCCCCCCCC. The Hall–Kier alpha value is -1.85. The molecule has 0 radical (unpaired) electrons. The summed E-state index contributed by atoms with van der Waals surface area (Å²) >= 11 is 0. The molecule has 0 spiro atoms. The van der Waals surface area contributed by atoms with Gasteiger partial charge < -0.3 is 14.2 Å². The molecule has 72 heavy (non-hydrogen) atoms. The molecule has 0 aromatic carbocycles. The molecule has 6 nitrogen and oxygen atoms in total. The number of hydrogen-bond donors (Lipinski definition) is 0. The van der Waals surface area contributed by atoms with Crippen LogP contribution >= 0.6 is 0 Å². The van der Waals surface area contributed by atoms with E-state index in [-0.39, 0.29) is 31.1 Å². The first-order valence-electron chi connectivity index (χ1n) is 32.7. The van der Waals surface area contributed by atoms with Crippen molar-refractivity contribution in [2.45, 2.75) is 380 Å². The second-order valence-corrected chi connectivity index (χ2v) is 22.4. The van der Waals surface area contributed by atoms with Gasteiger partial charge in [-0.05, 0) is 44.9 Å². The number of hydrogen-bond acceptors (Lipinski definition) is 6. The monoisotopic (exact) mass is 1010 g/mol. The fraction of sp³-hybridized carbons (Fsp3) is 0.924. The molecule has 6 heteroatoms. The van der Waals surface area contributed by atoms with Crippen LogP contribution in [0.2, 0.25) is 0 Å². The predicted octanol–water partition coefficient (Wildman–Crippen LogP) is 22.1. The maximum atomic E-state index is 12.8. The van der Waals surface area contributed by atoms with Crippen LogP contribution in [0.3, 0.4) is 0 Å². The molecule has 0 fully saturated rings. The number of rotatable bonds is 61. The summed E-state index contributed by atoms with van der Waals surface area (Å²) in [6, 6.07) is 0. The Kier molecular flexibility index (Phi) is 60.1. The van der Waals surface area contributed by atoms with Crippen LogP contribution in [0.15, 0.2) is 12.2 Å². The molecule has 426 valence electrons. The molecule has 0 heterocycles. The lowest BCUT2D eigenvalue weighted by molar-refractivity contribution is -0.167. The molecule has 0 aliphatic heterocycles. The van der Waals surface area contributed by atoms with Crippen molar-refractivity contribution in [3.8, 4) is 0 Å². The van der Waals surface area contributed by atoms with Gasteiger partial charge in [0, 0.05) is 19.3 Å². The lowest BCUT2D eigenvalue weighted by atomic mass is 10.0. The Morgan fingerprint density at radius 3 is 0.694 bits per heavy atom. The van der Waals surface area contributed by atoms with Crippen LogP contribution in [0, 0.1) is 0 Å². The van der Waals surface area contributed by atoms with Crippen molar-refractivity contribution < 1.29 is 28.6 Å². The predicted molar refractivity (Wildman–Crippen MR) is 312 cm³/mol. The Labute approximate surface area is 450 Å². The number of allylic oxidation sites excluding steroid dienone is 2. The highest BCUT2D eigenvalue weighted by molar-refractivity contribution is 5.71. The van der Waals surface area contributed by atoms with Crippen LogP contribution in [0.4, 0.5) is 0 Å². The molecule has 1 unspecified atom stereocenters. The second kappa shape index (κ2) is 61.7. The zero-order valence-electron chi connectivity index (χ0n) is 49.0. The van der Waals surface area contributed by atoms with E-state index in [1.165, 1.54) is 270 Å². The molecule has 0 aromatic rings. The van der Waals surface area contributed by atoms with Gasteiger partial charge in [-0.3, -0.25) is 14.4 Å². The summed E-state index contributed by atoms with van der Waals surface area (Å²) in [5, 5.41) is 0.